The highest BCUT2D eigenvalue weighted by Crippen LogP contribution is 2.18. The zero-order valence-electron chi connectivity index (χ0n) is 6.86. The second kappa shape index (κ2) is 3.49. The van der Waals surface area contributed by atoms with Crippen molar-refractivity contribution >= 4 is 0 Å². The Labute approximate surface area is 66.3 Å². The van der Waals surface area contributed by atoms with E-state index >= 15 is 0 Å². The van der Waals surface area contributed by atoms with Crippen LogP contribution in [-0.4, -0.2) is 36.8 Å². The molecule has 0 amide bonds. The van der Waals surface area contributed by atoms with Crippen LogP contribution in [0.4, 0.5) is 0 Å². The van der Waals surface area contributed by atoms with E-state index in [0.29, 0.717) is 6.42 Å². The molecule has 4 atom stereocenters. The summed E-state index contributed by atoms with van der Waals surface area (Å²) < 4.78 is 10.2. The van der Waals surface area contributed by atoms with E-state index in [1.807, 2.05) is 0 Å². The highest BCUT2D eigenvalue weighted by molar-refractivity contribution is 4.82. The van der Waals surface area contributed by atoms with Gasteiger partial charge in [0.15, 0.2) is 6.29 Å². The minimum atomic E-state index is -0.568. The van der Waals surface area contributed by atoms with Gasteiger partial charge in [0, 0.05) is 19.6 Å². The second-order valence-corrected chi connectivity index (χ2v) is 2.90. The molecule has 4 heteroatoms. The summed E-state index contributed by atoms with van der Waals surface area (Å²) in [5, 5.41) is 9.35. The summed E-state index contributed by atoms with van der Waals surface area (Å²) in [6.07, 6.45) is -0.504. The number of methoxy groups -OCH3 is 1. The summed E-state index contributed by atoms with van der Waals surface area (Å²) >= 11 is 0. The van der Waals surface area contributed by atoms with Crippen LogP contribution in [0.5, 0.6) is 0 Å². The lowest BCUT2D eigenvalue weighted by atomic mass is 10.0. The molecule has 1 saturated heterocycles. The molecular formula is C7H15NO3. The highest BCUT2D eigenvalue weighted by Gasteiger charge is 2.32. The Morgan fingerprint density at radius 2 is 2.27 bits per heavy atom. The Morgan fingerprint density at radius 3 is 2.73 bits per heavy atom. The van der Waals surface area contributed by atoms with Crippen LogP contribution in [0.2, 0.25) is 0 Å². The molecule has 4 nitrogen and oxygen atoms in total. The van der Waals surface area contributed by atoms with Crippen molar-refractivity contribution in [2.75, 3.05) is 7.11 Å². The number of rotatable bonds is 1. The number of aliphatic hydroxyl groups is 1. The van der Waals surface area contributed by atoms with Crippen molar-refractivity contribution in [1.29, 1.82) is 0 Å². The van der Waals surface area contributed by atoms with E-state index in [0.717, 1.165) is 0 Å². The van der Waals surface area contributed by atoms with Gasteiger partial charge in [-0.15, -0.1) is 0 Å². The predicted octanol–water partition coefficient (Wildman–Crippen LogP) is -0.544. The van der Waals surface area contributed by atoms with Gasteiger partial charge in [-0.1, -0.05) is 0 Å². The summed E-state index contributed by atoms with van der Waals surface area (Å²) in [4.78, 5) is 0. The SMILES string of the molecule is CO[C@H]1C[C@@H](N)[C@@H](O)C(C)O1. The van der Waals surface area contributed by atoms with Crippen LogP contribution in [0, 0.1) is 0 Å². The van der Waals surface area contributed by atoms with Gasteiger partial charge in [-0.05, 0) is 6.92 Å². The molecule has 0 aromatic rings. The van der Waals surface area contributed by atoms with Crippen molar-refractivity contribution in [2.45, 2.75) is 37.9 Å². The lowest BCUT2D eigenvalue weighted by Gasteiger charge is -2.35. The topological polar surface area (TPSA) is 64.7 Å². The number of nitrogens with two attached hydrogens (primary N) is 1. The van der Waals surface area contributed by atoms with E-state index in [1.54, 1.807) is 14.0 Å². The van der Waals surface area contributed by atoms with Crippen molar-refractivity contribution in [1.82, 2.24) is 0 Å². The molecule has 1 fully saturated rings. The summed E-state index contributed by atoms with van der Waals surface area (Å²) in [5.74, 6) is 0. The number of hydrogen-bond acceptors (Lipinski definition) is 4. The van der Waals surface area contributed by atoms with Gasteiger partial charge in [-0.25, -0.2) is 0 Å². The third kappa shape index (κ3) is 1.90. The van der Waals surface area contributed by atoms with Crippen molar-refractivity contribution in [3.05, 3.63) is 0 Å². The standard InChI is InChI=1S/C7H15NO3/c1-4-7(9)5(8)3-6(10-2)11-4/h4-7,9H,3,8H2,1-2H3/t4?,5-,6-,7+/m1/s1. The van der Waals surface area contributed by atoms with E-state index in [9.17, 15) is 5.11 Å². The lowest BCUT2D eigenvalue weighted by molar-refractivity contribution is -0.211. The maximum absolute atomic E-state index is 9.35. The molecule has 0 radical (unpaired) electrons. The van der Waals surface area contributed by atoms with Gasteiger partial charge in [0.25, 0.3) is 0 Å². The molecule has 0 aromatic carbocycles. The zero-order chi connectivity index (χ0) is 8.43. The highest BCUT2D eigenvalue weighted by atomic mass is 16.7. The largest absolute Gasteiger partial charge is 0.389 e. The van der Waals surface area contributed by atoms with Gasteiger partial charge in [0.05, 0.1) is 12.2 Å². The third-order valence-electron chi connectivity index (χ3n) is 2.01. The second-order valence-electron chi connectivity index (χ2n) is 2.90. The molecule has 0 bridgehead atoms. The van der Waals surface area contributed by atoms with Gasteiger partial charge in [-0.3, -0.25) is 0 Å². The normalized spacial score (nSPS) is 45.8. The molecule has 3 N–H and O–H groups in total. The van der Waals surface area contributed by atoms with Crippen molar-refractivity contribution in [3.8, 4) is 0 Å². The Morgan fingerprint density at radius 1 is 1.64 bits per heavy atom. The van der Waals surface area contributed by atoms with Crippen LogP contribution >= 0.6 is 0 Å². The molecule has 0 saturated carbocycles. The van der Waals surface area contributed by atoms with Gasteiger partial charge in [-0.2, -0.15) is 0 Å². The molecule has 1 aliphatic rings. The summed E-state index contributed by atoms with van der Waals surface area (Å²) in [6, 6.07) is -0.233. The summed E-state index contributed by atoms with van der Waals surface area (Å²) in [5.41, 5.74) is 5.62. The van der Waals surface area contributed by atoms with E-state index in [2.05, 4.69) is 0 Å². The molecule has 0 aromatic heterocycles. The van der Waals surface area contributed by atoms with Crippen LogP contribution < -0.4 is 5.73 Å². The maximum atomic E-state index is 9.35. The lowest BCUT2D eigenvalue weighted by Crippen LogP contribution is -2.51. The Kier molecular flexibility index (Phi) is 2.84. The average Bonchev–Trinajstić information content (AvgIpc) is 1.99. The van der Waals surface area contributed by atoms with Crippen LogP contribution in [0.15, 0.2) is 0 Å². The van der Waals surface area contributed by atoms with Crippen LogP contribution in [0.1, 0.15) is 13.3 Å². The van der Waals surface area contributed by atoms with Gasteiger partial charge >= 0.3 is 0 Å². The predicted molar refractivity (Wildman–Crippen MR) is 39.9 cm³/mol. The van der Waals surface area contributed by atoms with Crippen molar-refractivity contribution in [3.63, 3.8) is 0 Å². The maximum Gasteiger partial charge on any atom is 0.159 e. The number of hydrogen-bond donors (Lipinski definition) is 2. The van der Waals surface area contributed by atoms with E-state index in [-0.39, 0.29) is 18.4 Å². The fraction of sp³-hybridized carbons (Fsp3) is 1.00. The summed E-state index contributed by atoms with van der Waals surface area (Å²) in [7, 11) is 1.57. The molecule has 0 aliphatic carbocycles. The minimum absolute atomic E-state index is 0.233. The van der Waals surface area contributed by atoms with Crippen molar-refractivity contribution in [2.24, 2.45) is 5.73 Å². The first kappa shape index (κ1) is 8.93. The Hall–Kier alpha value is -0.160. The molecule has 1 aliphatic heterocycles. The number of aliphatic hydroxyl groups excluding tert-OH is 1. The molecule has 0 spiro atoms. The molecule has 66 valence electrons. The Balaban J connectivity index is 2.47. The molecule has 11 heavy (non-hydrogen) atoms. The van der Waals surface area contributed by atoms with Crippen LogP contribution in [0.25, 0.3) is 0 Å². The monoisotopic (exact) mass is 161 g/mol. The summed E-state index contributed by atoms with van der Waals surface area (Å²) in [6.45, 7) is 1.79. The first-order valence-electron chi connectivity index (χ1n) is 3.77. The molecule has 1 rings (SSSR count). The van der Waals surface area contributed by atoms with Crippen LogP contribution in [0.3, 0.4) is 0 Å². The van der Waals surface area contributed by atoms with Crippen molar-refractivity contribution < 1.29 is 14.6 Å². The molecular weight excluding hydrogens is 146 g/mol. The zero-order valence-corrected chi connectivity index (χ0v) is 6.86. The van der Waals surface area contributed by atoms with Crippen LogP contribution in [-0.2, 0) is 9.47 Å². The van der Waals surface area contributed by atoms with Gasteiger partial charge in [0.1, 0.15) is 0 Å². The fourth-order valence-corrected chi connectivity index (χ4v) is 1.24. The van der Waals surface area contributed by atoms with Gasteiger partial charge in [0.2, 0.25) is 0 Å². The first-order chi connectivity index (χ1) is 5.15. The van der Waals surface area contributed by atoms with E-state index in [4.69, 9.17) is 15.2 Å². The quantitative estimate of drug-likeness (QED) is 0.542. The third-order valence-corrected chi connectivity index (χ3v) is 2.01. The average molecular weight is 161 g/mol. The number of ether oxygens (including phenoxy) is 2. The van der Waals surface area contributed by atoms with Gasteiger partial charge < -0.3 is 20.3 Å². The van der Waals surface area contributed by atoms with E-state index < -0.39 is 6.10 Å². The minimum Gasteiger partial charge on any atom is -0.389 e. The molecule has 1 unspecified atom stereocenters. The first-order valence-corrected chi connectivity index (χ1v) is 3.77. The fourth-order valence-electron chi connectivity index (χ4n) is 1.24. The van der Waals surface area contributed by atoms with E-state index in [1.165, 1.54) is 0 Å². The Bertz CT molecular complexity index is 119. The molecule has 1 heterocycles. The smallest absolute Gasteiger partial charge is 0.159 e.